The highest BCUT2D eigenvalue weighted by atomic mass is 19.3. The van der Waals surface area contributed by atoms with E-state index >= 15 is 0 Å². The molecule has 0 radical (unpaired) electrons. The third-order valence-corrected chi connectivity index (χ3v) is 5.60. The van der Waals surface area contributed by atoms with Crippen LogP contribution in [-0.2, 0) is 17.8 Å². The van der Waals surface area contributed by atoms with E-state index in [1.54, 1.807) is 36.7 Å². The van der Waals surface area contributed by atoms with Crippen molar-refractivity contribution in [2.45, 2.75) is 45.8 Å². The molecule has 0 fully saturated rings. The molecule has 3 rings (SSSR count). The number of hydrogen-bond donors (Lipinski definition) is 1. The second kappa shape index (κ2) is 12.8. The number of aryl methyl sites for hydroxylation is 1. The number of carbonyl (C=O) groups is 1. The molecule has 0 saturated heterocycles. The predicted molar refractivity (Wildman–Crippen MR) is 137 cm³/mol. The topological polar surface area (TPSA) is 84.8 Å². The number of carboxylic acid groups (broad SMARTS) is 1. The van der Waals surface area contributed by atoms with E-state index in [1.165, 1.54) is 25.1 Å². The number of rotatable bonds is 13. The summed E-state index contributed by atoms with van der Waals surface area (Å²) in [5.41, 5.74) is 2.94. The first kappa shape index (κ1) is 27.6. The Hall–Kier alpha value is -4.01. The van der Waals surface area contributed by atoms with Crippen molar-refractivity contribution >= 4 is 11.9 Å². The average Bonchev–Trinajstić information content (AvgIpc) is 2.88. The van der Waals surface area contributed by atoms with Crippen molar-refractivity contribution in [3.63, 3.8) is 0 Å². The van der Waals surface area contributed by atoms with Gasteiger partial charge < -0.3 is 19.5 Å². The highest BCUT2D eigenvalue weighted by Crippen LogP contribution is 2.26. The second-order valence-electron chi connectivity index (χ2n) is 8.59. The zero-order valence-electron chi connectivity index (χ0n) is 21.1. The van der Waals surface area contributed by atoms with Gasteiger partial charge in [0, 0.05) is 31.6 Å². The van der Waals surface area contributed by atoms with Crippen LogP contribution in [0.4, 0.5) is 14.7 Å². The fraction of sp³-hybridized carbons (Fsp3) is 0.321. The zero-order valence-corrected chi connectivity index (χ0v) is 21.1. The molecule has 0 aliphatic heterocycles. The van der Waals surface area contributed by atoms with Gasteiger partial charge in [0.1, 0.15) is 11.5 Å². The average molecular weight is 512 g/mol. The van der Waals surface area contributed by atoms with E-state index in [9.17, 15) is 13.6 Å². The monoisotopic (exact) mass is 511 g/mol. The first-order chi connectivity index (χ1) is 17.7. The van der Waals surface area contributed by atoms with E-state index in [2.05, 4.69) is 16.9 Å². The van der Waals surface area contributed by atoms with Crippen molar-refractivity contribution < 1.29 is 28.2 Å². The minimum atomic E-state index is -3.37. The molecule has 1 heterocycles. The van der Waals surface area contributed by atoms with Gasteiger partial charge in [-0.25, -0.2) is 14.8 Å². The van der Waals surface area contributed by atoms with Crippen LogP contribution in [0.5, 0.6) is 11.5 Å². The molecule has 9 heteroatoms. The highest BCUT2D eigenvalue weighted by Gasteiger charge is 2.27. The number of allylic oxidation sites excluding steroid dienone is 1. The number of aliphatic carboxylic acids is 1. The van der Waals surface area contributed by atoms with E-state index in [-0.39, 0.29) is 11.7 Å². The lowest BCUT2D eigenvalue weighted by Crippen LogP contribution is -2.29. The summed E-state index contributed by atoms with van der Waals surface area (Å²) in [6, 6.07) is 13.8. The lowest BCUT2D eigenvalue weighted by atomic mass is 10.0. The van der Waals surface area contributed by atoms with E-state index in [4.69, 9.17) is 14.6 Å². The van der Waals surface area contributed by atoms with Crippen LogP contribution in [0.2, 0.25) is 0 Å². The van der Waals surface area contributed by atoms with Crippen molar-refractivity contribution in [3.05, 3.63) is 89.8 Å². The summed E-state index contributed by atoms with van der Waals surface area (Å²) in [4.78, 5) is 21.8. The summed E-state index contributed by atoms with van der Waals surface area (Å²) in [6.07, 6.45) is 3.00. The molecule has 0 aliphatic carbocycles. The number of carboxylic acids is 1. The molecule has 2 aromatic carbocycles. The molecule has 1 unspecified atom stereocenters. The number of ether oxygens (including phenoxy) is 2. The predicted octanol–water partition coefficient (Wildman–Crippen LogP) is 5.86. The van der Waals surface area contributed by atoms with Crippen molar-refractivity contribution in [2.24, 2.45) is 0 Å². The number of aromatic nitrogens is 2. The smallest absolute Gasteiger partial charge is 0.419 e. The van der Waals surface area contributed by atoms with Crippen molar-refractivity contribution in [2.75, 3.05) is 18.1 Å². The first-order valence-electron chi connectivity index (χ1n) is 12.0. The van der Waals surface area contributed by atoms with Crippen LogP contribution in [0.15, 0.2) is 73.1 Å². The van der Waals surface area contributed by atoms with E-state index in [0.29, 0.717) is 30.9 Å². The van der Waals surface area contributed by atoms with Crippen LogP contribution < -0.4 is 14.4 Å². The fourth-order valence-corrected chi connectivity index (χ4v) is 3.65. The highest BCUT2D eigenvalue weighted by molar-refractivity contribution is 5.68. The SMILES string of the molecule is C/C=C/C(F)(F)Oc1ccc(CN(CC(C)c2ccc(OCC(=O)O)cc2)c2ncc(CC)cn2)cc1. The third kappa shape index (κ3) is 8.56. The second-order valence-corrected chi connectivity index (χ2v) is 8.59. The minimum absolute atomic E-state index is 0.0699. The summed E-state index contributed by atoms with van der Waals surface area (Å²) < 4.78 is 37.5. The van der Waals surface area contributed by atoms with Crippen LogP contribution in [0.25, 0.3) is 0 Å². The zero-order chi connectivity index (χ0) is 26.8. The van der Waals surface area contributed by atoms with Gasteiger partial charge in [0.25, 0.3) is 0 Å². The van der Waals surface area contributed by atoms with Gasteiger partial charge in [0.2, 0.25) is 5.95 Å². The standard InChI is InChI=1S/C28H31F2N3O4/c1-4-14-28(29,30)37-25-10-6-22(7-11-25)18-33(27-31-15-21(5-2)16-32-27)17-20(3)23-8-12-24(13-9-23)36-19-26(34)35/h4,6-16,20H,5,17-19H2,1-3H3,(H,34,35)/b14-4+. The number of benzene rings is 2. The normalized spacial score (nSPS) is 12.4. The van der Waals surface area contributed by atoms with Gasteiger partial charge >= 0.3 is 12.1 Å². The van der Waals surface area contributed by atoms with Gasteiger partial charge in [-0.3, -0.25) is 0 Å². The Morgan fingerprint density at radius 1 is 1.05 bits per heavy atom. The van der Waals surface area contributed by atoms with Gasteiger partial charge in [-0.1, -0.05) is 44.2 Å². The Morgan fingerprint density at radius 2 is 1.68 bits per heavy atom. The molecule has 1 N–H and O–H groups in total. The summed E-state index contributed by atoms with van der Waals surface area (Å²) in [6.45, 7) is 6.25. The number of anilines is 1. The van der Waals surface area contributed by atoms with Crippen molar-refractivity contribution in [1.29, 1.82) is 0 Å². The molecule has 0 amide bonds. The molecule has 196 valence electrons. The lowest BCUT2D eigenvalue weighted by Gasteiger charge is -2.26. The van der Waals surface area contributed by atoms with Crippen LogP contribution in [0.3, 0.4) is 0 Å². The van der Waals surface area contributed by atoms with Crippen LogP contribution in [0.1, 0.15) is 43.4 Å². The molecule has 1 aromatic heterocycles. The Balaban J connectivity index is 1.76. The Labute approximate surface area is 215 Å². The number of alkyl halides is 2. The van der Waals surface area contributed by atoms with E-state index < -0.39 is 18.7 Å². The van der Waals surface area contributed by atoms with Gasteiger partial charge in [-0.2, -0.15) is 8.78 Å². The van der Waals surface area contributed by atoms with Crippen molar-refractivity contribution in [1.82, 2.24) is 9.97 Å². The van der Waals surface area contributed by atoms with Crippen LogP contribution >= 0.6 is 0 Å². The van der Waals surface area contributed by atoms with Gasteiger partial charge in [-0.05, 0) is 60.2 Å². The summed E-state index contributed by atoms with van der Waals surface area (Å²) in [7, 11) is 0. The first-order valence-corrected chi connectivity index (χ1v) is 12.0. The Morgan fingerprint density at radius 3 is 2.24 bits per heavy atom. The molecule has 0 spiro atoms. The van der Waals surface area contributed by atoms with Gasteiger partial charge in [-0.15, -0.1) is 0 Å². The lowest BCUT2D eigenvalue weighted by molar-refractivity contribution is -0.139. The van der Waals surface area contributed by atoms with E-state index in [1.807, 2.05) is 24.0 Å². The molecule has 3 aromatic rings. The maximum atomic E-state index is 13.7. The van der Waals surface area contributed by atoms with Crippen molar-refractivity contribution in [3.8, 4) is 11.5 Å². The summed E-state index contributed by atoms with van der Waals surface area (Å²) in [5, 5.41) is 8.78. The van der Waals surface area contributed by atoms with Gasteiger partial charge in [0.05, 0.1) is 0 Å². The molecular weight excluding hydrogens is 480 g/mol. The summed E-state index contributed by atoms with van der Waals surface area (Å²) >= 11 is 0. The van der Waals surface area contributed by atoms with E-state index in [0.717, 1.165) is 23.1 Å². The van der Waals surface area contributed by atoms with Gasteiger partial charge in [0.15, 0.2) is 6.61 Å². The molecule has 1 atom stereocenters. The Bertz CT molecular complexity index is 1170. The third-order valence-electron chi connectivity index (χ3n) is 5.60. The van der Waals surface area contributed by atoms with Crippen LogP contribution in [0, 0.1) is 0 Å². The molecule has 0 bridgehead atoms. The number of nitrogens with zero attached hydrogens (tertiary/aromatic N) is 3. The molecule has 0 aliphatic rings. The quantitative estimate of drug-likeness (QED) is 0.288. The Kier molecular flexibility index (Phi) is 9.54. The number of halogens is 2. The molecular formula is C28H31F2N3O4. The minimum Gasteiger partial charge on any atom is -0.482 e. The van der Waals surface area contributed by atoms with Crippen LogP contribution in [-0.4, -0.2) is 40.3 Å². The largest absolute Gasteiger partial charge is 0.482 e. The molecule has 37 heavy (non-hydrogen) atoms. The molecule has 7 nitrogen and oxygen atoms in total. The molecule has 0 saturated carbocycles. The maximum Gasteiger partial charge on any atom is 0.419 e. The number of hydrogen-bond acceptors (Lipinski definition) is 6. The fourth-order valence-electron chi connectivity index (χ4n) is 3.65. The maximum absolute atomic E-state index is 13.7. The summed E-state index contributed by atoms with van der Waals surface area (Å²) in [5.74, 6) is 0.153.